The number of rotatable bonds is 4. The van der Waals surface area contributed by atoms with Crippen molar-refractivity contribution >= 4 is 23.6 Å². The first kappa shape index (κ1) is 17.4. The summed E-state index contributed by atoms with van der Waals surface area (Å²) in [4.78, 5) is 25.2. The van der Waals surface area contributed by atoms with E-state index in [1.807, 2.05) is 0 Å². The van der Waals surface area contributed by atoms with Crippen LogP contribution in [0.1, 0.15) is 19.8 Å². The smallest absolute Gasteiger partial charge is 0.409 e. The Morgan fingerprint density at radius 1 is 1.26 bits per heavy atom. The minimum atomic E-state index is -0.602. The van der Waals surface area contributed by atoms with Crippen LogP contribution >= 0.6 is 11.6 Å². The molecule has 1 aromatic rings. The third-order valence-electron chi connectivity index (χ3n) is 3.77. The van der Waals surface area contributed by atoms with Gasteiger partial charge in [0.25, 0.3) is 5.91 Å². The van der Waals surface area contributed by atoms with Gasteiger partial charge >= 0.3 is 6.09 Å². The number of nitrogens with zero attached hydrogens (tertiary/aromatic N) is 1. The van der Waals surface area contributed by atoms with Gasteiger partial charge in [0.2, 0.25) is 0 Å². The van der Waals surface area contributed by atoms with Gasteiger partial charge in [0, 0.05) is 24.2 Å². The first-order valence-corrected chi connectivity index (χ1v) is 7.93. The van der Waals surface area contributed by atoms with Crippen molar-refractivity contribution in [2.45, 2.75) is 31.9 Å². The van der Waals surface area contributed by atoms with Crippen LogP contribution in [0.3, 0.4) is 0 Å². The Balaban J connectivity index is 1.78. The van der Waals surface area contributed by atoms with E-state index in [-0.39, 0.29) is 18.0 Å². The highest BCUT2D eigenvalue weighted by atomic mass is 35.5. The van der Waals surface area contributed by atoms with Gasteiger partial charge in [0.05, 0.1) is 7.11 Å². The van der Waals surface area contributed by atoms with E-state index in [1.165, 1.54) is 7.11 Å². The van der Waals surface area contributed by atoms with Crippen molar-refractivity contribution in [3.8, 4) is 5.75 Å². The molecule has 2 rings (SSSR count). The Hall–Kier alpha value is -1.95. The number of piperidine rings is 1. The van der Waals surface area contributed by atoms with Gasteiger partial charge in [-0.2, -0.15) is 0 Å². The summed E-state index contributed by atoms with van der Waals surface area (Å²) in [6.07, 6.45) is 0.479. The summed E-state index contributed by atoms with van der Waals surface area (Å²) in [7, 11) is 1.37. The van der Waals surface area contributed by atoms with E-state index < -0.39 is 6.10 Å². The molecule has 2 amide bonds. The first-order valence-electron chi connectivity index (χ1n) is 7.55. The fourth-order valence-corrected chi connectivity index (χ4v) is 2.55. The topological polar surface area (TPSA) is 67.9 Å². The van der Waals surface area contributed by atoms with Crippen LogP contribution in [0.5, 0.6) is 5.75 Å². The van der Waals surface area contributed by atoms with E-state index in [0.29, 0.717) is 36.7 Å². The zero-order valence-corrected chi connectivity index (χ0v) is 14.0. The highest BCUT2D eigenvalue weighted by molar-refractivity contribution is 6.30. The number of hydrogen-bond acceptors (Lipinski definition) is 4. The number of amides is 2. The van der Waals surface area contributed by atoms with E-state index in [4.69, 9.17) is 16.3 Å². The first-order chi connectivity index (χ1) is 11.0. The van der Waals surface area contributed by atoms with Crippen LogP contribution in [0.25, 0.3) is 0 Å². The second kappa shape index (κ2) is 8.06. The van der Waals surface area contributed by atoms with Crippen LogP contribution in [-0.2, 0) is 9.53 Å². The highest BCUT2D eigenvalue weighted by Crippen LogP contribution is 2.17. The van der Waals surface area contributed by atoms with E-state index in [1.54, 1.807) is 36.1 Å². The monoisotopic (exact) mass is 340 g/mol. The highest BCUT2D eigenvalue weighted by Gasteiger charge is 2.26. The molecule has 1 aromatic carbocycles. The Bertz CT molecular complexity index is 542. The Kier molecular flexibility index (Phi) is 6.10. The molecule has 0 aliphatic carbocycles. The summed E-state index contributed by atoms with van der Waals surface area (Å²) in [6, 6.07) is 6.91. The van der Waals surface area contributed by atoms with Gasteiger partial charge in [0.1, 0.15) is 5.75 Å². The number of carbonyl (C=O) groups excluding carboxylic acids is 2. The van der Waals surface area contributed by atoms with Crippen molar-refractivity contribution in [2.24, 2.45) is 0 Å². The Labute approximate surface area is 140 Å². The number of methoxy groups -OCH3 is 1. The molecule has 7 heteroatoms. The van der Waals surface area contributed by atoms with Gasteiger partial charge in [0.15, 0.2) is 6.10 Å². The number of nitrogens with one attached hydrogen (secondary N) is 1. The molecule has 126 valence electrons. The van der Waals surface area contributed by atoms with Gasteiger partial charge in [-0.15, -0.1) is 0 Å². The van der Waals surface area contributed by atoms with Crippen molar-refractivity contribution in [1.82, 2.24) is 10.2 Å². The molecule has 1 atom stereocenters. The lowest BCUT2D eigenvalue weighted by molar-refractivity contribution is -0.128. The van der Waals surface area contributed by atoms with Gasteiger partial charge < -0.3 is 19.7 Å². The number of ether oxygens (including phenoxy) is 2. The summed E-state index contributed by atoms with van der Waals surface area (Å²) in [6.45, 7) is 2.85. The van der Waals surface area contributed by atoms with Crippen molar-refractivity contribution in [3.63, 3.8) is 0 Å². The maximum absolute atomic E-state index is 12.2. The van der Waals surface area contributed by atoms with Gasteiger partial charge in [-0.05, 0) is 44.0 Å². The molecule has 1 aliphatic heterocycles. The molecular formula is C16H21ClN2O4. The molecule has 0 saturated carbocycles. The molecule has 0 radical (unpaired) electrons. The van der Waals surface area contributed by atoms with Crippen molar-refractivity contribution in [2.75, 3.05) is 20.2 Å². The minimum Gasteiger partial charge on any atom is -0.481 e. The van der Waals surface area contributed by atoms with Gasteiger partial charge in [-0.3, -0.25) is 4.79 Å². The fraction of sp³-hybridized carbons (Fsp3) is 0.500. The van der Waals surface area contributed by atoms with Gasteiger partial charge in [-0.25, -0.2) is 4.79 Å². The summed E-state index contributed by atoms with van der Waals surface area (Å²) >= 11 is 5.81. The SMILES string of the molecule is COC(=O)N1CCC(NC(=O)C(C)Oc2ccc(Cl)cc2)CC1. The molecular weight excluding hydrogens is 320 g/mol. The van der Waals surface area contributed by atoms with E-state index in [2.05, 4.69) is 10.1 Å². The molecule has 0 aromatic heterocycles. The quantitative estimate of drug-likeness (QED) is 0.914. The van der Waals surface area contributed by atoms with Crippen molar-refractivity contribution in [3.05, 3.63) is 29.3 Å². The fourth-order valence-electron chi connectivity index (χ4n) is 2.42. The van der Waals surface area contributed by atoms with Crippen LogP contribution in [-0.4, -0.2) is 49.2 Å². The second-order valence-corrected chi connectivity index (χ2v) is 5.89. The molecule has 1 N–H and O–H groups in total. The zero-order valence-electron chi connectivity index (χ0n) is 13.3. The standard InChI is InChI=1S/C16H21ClN2O4/c1-11(23-14-5-3-12(17)4-6-14)15(20)18-13-7-9-19(10-8-13)16(21)22-2/h3-6,11,13H,7-10H2,1-2H3,(H,18,20). The average Bonchev–Trinajstić information content (AvgIpc) is 2.56. The van der Waals surface area contributed by atoms with E-state index in [9.17, 15) is 9.59 Å². The van der Waals surface area contributed by atoms with Crippen LogP contribution < -0.4 is 10.1 Å². The van der Waals surface area contributed by atoms with E-state index in [0.717, 1.165) is 0 Å². The Morgan fingerprint density at radius 2 is 1.87 bits per heavy atom. The van der Waals surface area contributed by atoms with Crippen LogP contribution in [0.4, 0.5) is 4.79 Å². The molecule has 0 spiro atoms. The number of carbonyl (C=O) groups is 2. The third kappa shape index (κ3) is 5.03. The second-order valence-electron chi connectivity index (χ2n) is 5.45. The number of likely N-dealkylation sites (tertiary alicyclic amines) is 1. The summed E-state index contributed by atoms with van der Waals surface area (Å²) in [5.41, 5.74) is 0. The largest absolute Gasteiger partial charge is 0.481 e. The number of benzene rings is 1. The molecule has 1 heterocycles. The molecule has 1 fully saturated rings. The maximum atomic E-state index is 12.2. The molecule has 1 saturated heterocycles. The zero-order chi connectivity index (χ0) is 16.8. The average molecular weight is 341 g/mol. The maximum Gasteiger partial charge on any atom is 0.409 e. The summed E-state index contributed by atoms with van der Waals surface area (Å²) < 4.78 is 10.3. The summed E-state index contributed by atoms with van der Waals surface area (Å²) in [5.74, 6) is 0.425. The lowest BCUT2D eigenvalue weighted by Gasteiger charge is -2.31. The van der Waals surface area contributed by atoms with Crippen LogP contribution in [0.2, 0.25) is 5.02 Å². The molecule has 0 bridgehead atoms. The Morgan fingerprint density at radius 3 is 2.43 bits per heavy atom. The van der Waals surface area contributed by atoms with E-state index >= 15 is 0 Å². The lowest BCUT2D eigenvalue weighted by Crippen LogP contribution is -2.49. The van der Waals surface area contributed by atoms with Crippen molar-refractivity contribution in [1.29, 1.82) is 0 Å². The number of hydrogen-bond donors (Lipinski definition) is 1. The molecule has 23 heavy (non-hydrogen) atoms. The van der Waals surface area contributed by atoms with Crippen molar-refractivity contribution < 1.29 is 19.1 Å². The predicted octanol–water partition coefficient (Wildman–Crippen LogP) is 2.45. The molecule has 1 aliphatic rings. The predicted molar refractivity (Wildman–Crippen MR) is 86.7 cm³/mol. The summed E-state index contributed by atoms with van der Waals surface area (Å²) in [5, 5.41) is 3.58. The van der Waals surface area contributed by atoms with Crippen LogP contribution in [0, 0.1) is 0 Å². The third-order valence-corrected chi connectivity index (χ3v) is 4.02. The normalized spacial score (nSPS) is 16.6. The minimum absolute atomic E-state index is 0.0414. The van der Waals surface area contributed by atoms with Crippen LogP contribution in [0.15, 0.2) is 24.3 Å². The number of halogens is 1. The molecule has 1 unspecified atom stereocenters. The molecule has 6 nitrogen and oxygen atoms in total. The van der Waals surface area contributed by atoms with Gasteiger partial charge in [-0.1, -0.05) is 11.6 Å². The lowest BCUT2D eigenvalue weighted by atomic mass is 10.1.